The number of amides is 2. The molecule has 0 aliphatic carbocycles. The highest BCUT2D eigenvalue weighted by atomic mass is 16.2. The normalized spacial score (nSPS) is 13.7. The van der Waals surface area contributed by atoms with E-state index in [1.165, 1.54) is 6.92 Å². The van der Waals surface area contributed by atoms with Crippen LogP contribution >= 0.6 is 0 Å². The van der Waals surface area contributed by atoms with Crippen molar-refractivity contribution in [2.45, 2.75) is 13.3 Å². The van der Waals surface area contributed by atoms with E-state index in [9.17, 15) is 14.4 Å². The number of benzene rings is 1. The Balaban J connectivity index is 2.42. The average molecular weight is 203 g/mol. The van der Waals surface area contributed by atoms with Crippen molar-refractivity contribution in [1.82, 2.24) is 5.32 Å². The lowest BCUT2D eigenvalue weighted by molar-refractivity contribution is -0.116. The van der Waals surface area contributed by atoms with Crippen molar-refractivity contribution in [3.63, 3.8) is 0 Å². The standard InChI is InChI=1S/C11H9NO3/c1-6(13)4-7-2-3-8-9(5-7)11(15)12-10(8)14/h2-3,5H,4H2,1H3,(H,12,14,15). The van der Waals surface area contributed by atoms with Gasteiger partial charge in [0.1, 0.15) is 5.78 Å². The quantitative estimate of drug-likeness (QED) is 0.719. The van der Waals surface area contributed by atoms with Gasteiger partial charge in [-0.25, -0.2) is 0 Å². The summed E-state index contributed by atoms with van der Waals surface area (Å²) in [6.45, 7) is 1.48. The molecule has 4 nitrogen and oxygen atoms in total. The van der Waals surface area contributed by atoms with Gasteiger partial charge in [0.25, 0.3) is 11.8 Å². The number of nitrogens with one attached hydrogen (secondary N) is 1. The third-order valence-corrected chi connectivity index (χ3v) is 2.25. The first-order valence-corrected chi connectivity index (χ1v) is 4.56. The highest BCUT2D eigenvalue weighted by Gasteiger charge is 2.26. The Kier molecular flexibility index (Phi) is 2.11. The van der Waals surface area contributed by atoms with Crippen LogP contribution in [0.15, 0.2) is 18.2 Å². The van der Waals surface area contributed by atoms with E-state index in [4.69, 9.17) is 0 Å². The molecule has 2 amide bonds. The first kappa shape index (κ1) is 9.58. The Morgan fingerprint density at radius 3 is 2.53 bits per heavy atom. The van der Waals surface area contributed by atoms with Crippen LogP contribution in [0, 0.1) is 0 Å². The topological polar surface area (TPSA) is 63.2 Å². The van der Waals surface area contributed by atoms with Gasteiger partial charge in [0.15, 0.2) is 0 Å². The largest absolute Gasteiger partial charge is 0.300 e. The molecule has 1 aliphatic rings. The number of carbonyl (C=O) groups is 3. The molecule has 1 aromatic rings. The predicted molar refractivity (Wildman–Crippen MR) is 52.6 cm³/mol. The van der Waals surface area contributed by atoms with Crippen molar-refractivity contribution < 1.29 is 14.4 Å². The summed E-state index contributed by atoms with van der Waals surface area (Å²) < 4.78 is 0. The minimum atomic E-state index is -0.389. The number of rotatable bonds is 2. The molecular weight excluding hydrogens is 194 g/mol. The summed E-state index contributed by atoms with van der Waals surface area (Å²) in [5, 5.41) is 2.20. The molecule has 1 aliphatic heterocycles. The van der Waals surface area contributed by atoms with Gasteiger partial charge in [-0.1, -0.05) is 6.07 Å². The number of Topliss-reactive ketones (excluding diaryl/α,β-unsaturated/α-hetero) is 1. The van der Waals surface area contributed by atoms with Crippen LogP contribution in [0.2, 0.25) is 0 Å². The van der Waals surface area contributed by atoms with Crippen LogP contribution in [-0.4, -0.2) is 17.6 Å². The molecule has 0 fully saturated rings. The summed E-state index contributed by atoms with van der Waals surface area (Å²) in [5.74, 6) is -0.732. The summed E-state index contributed by atoms with van der Waals surface area (Å²) in [6, 6.07) is 4.86. The van der Waals surface area contributed by atoms with E-state index in [0.29, 0.717) is 11.1 Å². The van der Waals surface area contributed by atoms with Gasteiger partial charge in [-0.3, -0.25) is 19.7 Å². The predicted octanol–water partition coefficient (Wildman–Crippen LogP) is 0.702. The van der Waals surface area contributed by atoms with Crippen LogP contribution in [0.25, 0.3) is 0 Å². The molecule has 0 unspecified atom stereocenters. The summed E-state index contributed by atoms with van der Waals surface area (Å²) in [4.78, 5) is 33.4. The summed E-state index contributed by atoms with van der Waals surface area (Å²) in [5.41, 5.74) is 1.50. The molecular formula is C11H9NO3. The van der Waals surface area contributed by atoms with Crippen LogP contribution in [0.5, 0.6) is 0 Å². The summed E-state index contributed by atoms with van der Waals surface area (Å²) >= 11 is 0. The van der Waals surface area contributed by atoms with Crippen molar-refractivity contribution in [2.75, 3.05) is 0 Å². The maximum Gasteiger partial charge on any atom is 0.258 e. The van der Waals surface area contributed by atoms with E-state index < -0.39 is 0 Å². The first-order valence-electron chi connectivity index (χ1n) is 4.56. The maximum atomic E-state index is 11.3. The highest BCUT2D eigenvalue weighted by molar-refractivity contribution is 6.21. The average Bonchev–Trinajstić information content (AvgIpc) is 2.41. The van der Waals surface area contributed by atoms with E-state index in [1.54, 1.807) is 18.2 Å². The van der Waals surface area contributed by atoms with Crippen LogP contribution in [0.1, 0.15) is 33.2 Å². The second kappa shape index (κ2) is 3.31. The lowest BCUT2D eigenvalue weighted by atomic mass is 10.0. The highest BCUT2D eigenvalue weighted by Crippen LogP contribution is 2.17. The second-order valence-corrected chi connectivity index (χ2v) is 3.54. The van der Waals surface area contributed by atoms with Crippen molar-refractivity contribution in [2.24, 2.45) is 0 Å². The molecule has 0 atom stereocenters. The van der Waals surface area contributed by atoms with Crippen LogP contribution < -0.4 is 5.32 Å². The van der Waals surface area contributed by atoms with E-state index in [0.717, 1.165) is 5.56 Å². The van der Waals surface area contributed by atoms with Crippen LogP contribution in [-0.2, 0) is 11.2 Å². The van der Waals surface area contributed by atoms with Crippen LogP contribution in [0.3, 0.4) is 0 Å². The van der Waals surface area contributed by atoms with Gasteiger partial charge in [0.2, 0.25) is 0 Å². The van der Waals surface area contributed by atoms with Crippen molar-refractivity contribution >= 4 is 17.6 Å². The fourth-order valence-corrected chi connectivity index (χ4v) is 1.61. The Morgan fingerprint density at radius 2 is 1.87 bits per heavy atom. The fourth-order valence-electron chi connectivity index (χ4n) is 1.61. The Bertz CT molecular complexity index is 477. The molecule has 0 spiro atoms. The zero-order valence-corrected chi connectivity index (χ0v) is 8.16. The lowest BCUT2D eigenvalue weighted by Gasteiger charge is -1.99. The molecule has 4 heteroatoms. The minimum absolute atomic E-state index is 0.0275. The fraction of sp³-hybridized carbons (Fsp3) is 0.182. The maximum absolute atomic E-state index is 11.3. The van der Waals surface area contributed by atoms with Gasteiger partial charge < -0.3 is 0 Å². The van der Waals surface area contributed by atoms with E-state index in [1.807, 2.05) is 0 Å². The zero-order chi connectivity index (χ0) is 11.0. The van der Waals surface area contributed by atoms with Gasteiger partial charge in [0.05, 0.1) is 11.1 Å². The smallest absolute Gasteiger partial charge is 0.258 e. The Morgan fingerprint density at radius 1 is 1.20 bits per heavy atom. The number of imide groups is 1. The monoisotopic (exact) mass is 203 g/mol. The zero-order valence-electron chi connectivity index (χ0n) is 8.16. The molecule has 0 aromatic heterocycles. The SMILES string of the molecule is CC(=O)Cc1ccc2c(c1)C(=O)NC2=O. The number of carbonyl (C=O) groups excluding carboxylic acids is 3. The molecule has 0 saturated carbocycles. The van der Waals surface area contributed by atoms with E-state index in [-0.39, 0.29) is 24.0 Å². The minimum Gasteiger partial charge on any atom is -0.300 e. The molecule has 0 bridgehead atoms. The third-order valence-electron chi connectivity index (χ3n) is 2.25. The Labute approximate surface area is 86.3 Å². The van der Waals surface area contributed by atoms with Crippen molar-refractivity contribution in [3.8, 4) is 0 Å². The molecule has 1 aromatic carbocycles. The molecule has 2 rings (SSSR count). The van der Waals surface area contributed by atoms with Crippen molar-refractivity contribution in [1.29, 1.82) is 0 Å². The second-order valence-electron chi connectivity index (χ2n) is 3.54. The third kappa shape index (κ3) is 1.66. The molecule has 0 radical (unpaired) electrons. The van der Waals surface area contributed by atoms with Crippen LogP contribution in [0.4, 0.5) is 0 Å². The molecule has 15 heavy (non-hydrogen) atoms. The molecule has 76 valence electrons. The van der Waals surface area contributed by atoms with Gasteiger partial charge >= 0.3 is 0 Å². The van der Waals surface area contributed by atoms with Gasteiger partial charge in [-0.15, -0.1) is 0 Å². The Hall–Kier alpha value is -1.97. The van der Waals surface area contributed by atoms with E-state index in [2.05, 4.69) is 5.32 Å². The molecule has 1 N–H and O–H groups in total. The number of fused-ring (bicyclic) bond motifs is 1. The number of hydrogen-bond donors (Lipinski definition) is 1. The van der Waals surface area contributed by atoms with Gasteiger partial charge in [-0.2, -0.15) is 0 Å². The van der Waals surface area contributed by atoms with Gasteiger partial charge in [0, 0.05) is 6.42 Å². The van der Waals surface area contributed by atoms with E-state index >= 15 is 0 Å². The lowest BCUT2D eigenvalue weighted by Crippen LogP contribution is -2.19. The summed E-state index contributed by atoms with van der Waals surface area (Å²) in [7, 11) is 0. The number of hydrogen-bond acceptors (Lipinski definition) is 3. The first-order chi connectivity index (χ1) is 7.08. The molecule has 1 heterocycles. The molecule has 0 saturated heterocycles. The summed E-state index contributed by atoms with van der Waals surface area (Å²) in [6.07, 6.45) is 0.286. The number of ketones is 1. The van der Waals surface area contributed by atoms with Gasteiger partial charge in [-0.05, 0) is 24.6 Å². The van der Waals surface area contributed by atoms with Crippen molar-refractivity contribution in [3.05, 3.63) is 34.9 Å².